The average Bonchev–Trinajstić information content (AvgIpc) is 3.00. The number of anilines is 1. The van der Waals surface area contributed by atoms with Crippen LogP contribution in [0.15, 0.2) is 29.2 Å². The standard InChI is InChI=1S/C16H24N2O2S.ClH/c1-20-13(11-17)10-16(19)18-12-6-8-15(9-7-12)21-14-4-2-3-5-14;/h6-9,13-14H,2-5,10-11,17H2,1H3,(H,18,19);1H. The van der Waals surface area contributed by atoms with Crippen molar-refractivity contribution in [2.24, 2.45) is 5.73 Å². The topological polar surface area (TPSA) is 64.3 Å². The van der Waals surface area contributed by atoms with Crippen LogP contribution in [0.25, 0.3) is 0 Å². The van der Waals surface area contributed by atoms with Gasteiger partial charge in [-0.05, 0) is 37.1 Å². The first-order chi connectivity index (χ1) is 10.2. The van der Waals surface area contributed by atoms with E-state index in [0.29, 0.717) is 6.54 Å². The van der Waals surface area contributed by atoms with Crippen LogP contribution in [-0.2, 0) is 9.53 Å². The lowest BCUT2D eigenvalue weighted by molar-refractivity contribution is -0.118. The number of thioether (sulfide) groups is 1. The normalized spacial score (nSPS) is 16.1. The summed E-state index contributed by atoms with van der Waals surface area (Å²) in [6.07, 6.45) is 5.41. The lowest BCUT2D eigenvalue weighted by atomic mass is 10.2. The maximum absolute atomic E-state index is 11.9. The number of hydrogen-bond donors (Lipinski definition) is 2. The lowest BCUT2D eigenvalue weighted by Crippen LogP contribution is -2.28. The Hall–Kier alpha value is -0.750. The number of hydrogen-bond acceptors (Lipinski definition) is 4. The largest absolute Gasteiger partial charge is 0.380 e. The van der Waals surface area contributed by atoms with Crippen LogP contribution in [0.2, 0.25) is 0 Å². The van der Waals surface area contributed by atoms with Crippen molar-refractivity contribution in [2.45, 2.75) is 48.4 Å². The van der Waals surface area contributed by atoms with E-state index in [0.717, 1.165) is 10.9 Å². The molecule has 0 aromatic heterocycles. The molecule has 1 saturated carbocycles. The van der Waals surface area contributed by atoms with Gasteiger partial charge in [0.2, 0.25) is 5.91 Å². The SMILES string of the molecule is COC(CN)CC(=O)Nc1ccc(SC2CCCC2)cc1.Cl. The predicted octanol–water partition coefficient (Wildman–Crippen LogP) is 3.45. The van der Waals surface area contributed by atoms with Crippen molar-refractivity contribution < 1.29 is 9.53 Å². The molecule has 2 rings (SSSR count). The van der Waals surface area contributed by atoms with Gasteiger partial charge in [0.25, 0.3) is 0 Å². The molecule has 0 radical (unpaired) electrons. The van der Waals surface area contributed by atoms with E-state index in [-0.39, 0.29) is 30.8 Å². The van der Waals surface area contributed by atoms with Gasteiger partial charge in [-0.25, -0.2) is 0 Å². The first kappa shape index (κ1) is 19.3. The monoisotopic (exact) mass is 344 g/mol. The minimum atomic E-state index is -0.220. The Morgan fingerprint density at radius 1 is 1.36 bits per heavy atom. The molecule has 1 fully saturated rings. The Balaban J connectivity index is 0.00000242. The van der Waals surface area contributed by atoms with Crippen molar-refractivity contribution in [2.75, 3.05) is 19.0 Å². The third-order valence-electron chi connectivity index (χ3n) is 3.75. The fraction of sp³-hybridized carbons (Fsp3) is 0.562. The summed E-state index contributed by atoms with van der Waals surface area (Å²) < 4.78 is 5.11. The highest BCUT2D eigenvalue weighted by Gasteiger charge is 2.16. The summed E-state index contributed by atoms with van der Waals surface area (Å²) >= 11 is 1.95. The molecule has 1 atom stereocenters. The zero-order valence-corrected chi connectivity index (χ0v) is 14.6. The molecule has 22 heavy (non-hydrogen) atoms. The van der Waals surface area contributed by atoms with Gasteiger partial charge in [-0.1, -0.05) is 12.8 Å². The molecule has 1 aliphatic carbocycles. The number of benzene rings is 1. The van der Waals surface area contributed by atoms with E-state index in [1.165, 1.54) is 30.6 Å². The molecule has 1 aromatic carbocycles. The number of carbonyl (C=O) groups excluding carboxylic acids is 1. The molecule has 1 amide bonds. The molecule has 4 nitrogen and oxygen atoms in total. The summed E-state index contributed by atoms with van der Waals surface area (Å²) in [6.45, 7) is 0.348. The average molecular weight is 345 g/mol. The highest BCUT2D eigenvalue weighted by Crippen LogP contribution is 2.34. The lowest BCUT2D eigenvalue weighted by Gasteiger charge is -2.13. The van der Waals surface area contributed by atoms with Crippen LogP contribution >= 0.6 is 24.2 Å². The Morgan fingerprint density at radius 3 is 2.55 bits per heavy atom. The van der Waals surface area contributed by atoms with Crippen LogP contribution in [0.5, 0.6) is 0 Å². The number of nitrogens with two attached hydrogens (primary N) is 1. The molecule has 124 valence electrons. The molecular weight excluding hydrogens is 320 g/mol. The summed E-state index contributed by atoms with van der Waals surface area (Å²) in [4.78, 5) is 13.1. The summed E-state index contributed by atoms with van der Waals surface area (Å²) in [6, 6.07) is 8.07. The van der Waals surface area contributed by atoms with Crippen LogP contribution in [0.4, 0.5) is 5.69 Å². The smallest absolute Gasteiger partial charge is 0.227 e. The zero-order valence-electron chi connectivity index (χ0n) is 12.9. The molecule has 0 heterocycles. The first-order valence-corrected chi connectivity index (χ1v) is 8.38. The van der Waals surface area contributed by atoms with Gasteiger partial charge in [0.05, 0.1) is 12.5 Å². The molecule has 0 spiro atoms. The highest BCUT2D eigenvalue weighted by atomic mass is 35.5. The fourth-order valence-electron chi connectivity index (χ4n) is 2.50. The van der Waals surface area contributed by atoms with E-state index in [2.05, 4.69) is 17.4 Å². The summed E-state index contributed by atoms with van der Waals surface area (Å²) in [5, 5.41) is 3.64. The van der Waals surface area contributed by atoms with E-state index in [9.17, 15) is 4.79 Å². The Labute approximate surface area is 143 Å². The quantitative estimate of drug-likeness (QED) is 0.795. The molecule has 1 aromatic rings. The molecule has 1 aliphatic rings. The van der Waals surface area contributed by atoms with Crippen molar-refractivity contribution in [3.63, 3.8) is 0 Å². The van der Waals surface area contributed by atoms with Gasteiger partial charge in [-0.2, -0.15) is 0 Å². The minimum absolute atomic E-state index is 0. The fourth-order valence-corrected chi connectivity index (χ4v) is 3.74. The zero-order chi connectivity index (χ0) is 15.1. The number of rotatable bonds is 7. The van der Waals surface area contributed by atoms with Crippen LogP contribution in [0.1, 0.15) is 32.1 Å². The van der Waals surface area contributed by atoms with Gasteiger partial charge in [0, 0.05) is 29.5 Å². The van der Waals surface area contributed by atoms with Crippen LogP contribution in [-0.4, -0.2) is 30.9 Å². The number of methoxy groups -OCH3 is 1. The highest BCUT2D eigenvalue weighted by molar-refractivity contribution is 8.00. The van der Waals surface area contributed by atoms with E-state index in [1.807, 2.05) is 23.9 Å². The Bertz CT molecular complexity index is 446. The molecule has 3 N–H and O–H groups in total. The second kappa shape index (κ2) is 10.1. The van der Waals surface area contributed by atoms with Gasteiger partial charge in [0.1, 0.15) is 0 Å². The van der Waals surface area contributed by atoms with E-state index >= 15 is 0 Å². The summed E-state index contributed by atoms with van der Waals surface area (Å²) in [7, 11) is 1.57. The molecule has 0 aliphatic heterocycles. The van der Waals surface area contributed by atoms with Crippen molar-refractivity contribution in [1.29, 1.82) is 0 Å². The Morgan fingerprint density at radius 2 is 2.00 bits per heavy atom. The van der Waals surface area contributed by atoms with Gasteiger partial charge in [0.15, 0.2) is 0 Å². The van der Waals surface area contributed by atoms with E-state index < -0.39 is 0 Å². The van der Waals surface area contributed by atoms with Crippen molar-refractivity contribution in [1.82, 2.24) is 0 Å². The molecule has 0 bridgehead atoms. The molecule has 6 heteroatoms. The molecule has 0 saturated heterocycles. The van der Waals surface area contributed by atoms with Crippen molar-refractivity contribution in [3.05, 3.63) is 24.3 Å². The van der Waals surface area contributed by atoms with Gasteiger partial charge < -0.3 is 15.8 Å². The van der Waals surface area contributed by atoms with E-state index in [1.54, 1.807) is 7.11 Å². The summed E-state index contributed by atoms with van der Waals surface area (Å²) in [5.41, 5.74) is 6.34. The number of carbonyl (C=O) groups is 1. The van der Waals surface area contributed by atoms with E-state index in [4.69, 9.17) is 10.5 Å². The second-order valence-electron chi connectivity index (χ2n) is 5.39. The number of halogens is 1. The second-order valence-corrected chi connectivity index (χ2v) is 6.77. The number of nitrogens with one attached hydrogen (secondary N) is 1. The summed E-state index contributed by atoms with van der Waals surface area (Å²) in [5.74, 6) is -0.0662. The van der Waals surface area contributed by atoms with Gasteiger partial charge in [-0.3, -0.25) is 4.79 Å². The minimum Gasteiger partial charge on any atom is -0.380 e. The van der Waals surface area contributed by atoms with Crippen molar-refractivity contribution >= 4 is 35.8 Å². The van der Waals surface area contributed by atoms with Crippen LogP contribution in [0, 0.1) is 0 Å². The molecular formula is C16H25ClN2O2S. The maximum atomic E-state index is 11.9. The Kier molecular flexibility index (Phi) is 8.86. The van der Waals surface area contributed by atoms with Crippen LogP contribution in [0.3, 0.4) is 0 Å². The third kappa shape index (κ3) is 6.16. The first-order valence-electron chi connectivity index (χ1n) is 7.50. The van der Waals surface area contributed by atoms with Gasteiger partial charge >= 0.3 is 0 Å². The predicted molar refractivity (Wildman–Crippen MR) is 94.9 cm³/mol. The van der Waals surface area contributed by atoms with Crippen molar-refractivity contribution in [3.8, 4) is 0 Å². The van der Waals surface area contributed by atoms with Gasteiger partial charge in [-0.15, -0.1) is 24.2 Å². The molecule has 1 unspecified atom stereocenters. The third-order valence-corrected chi connectivity index (χ3v) is 5.10. The van der Waals surface area contributed by atoms with Crippen LogP contribution < -0.4 is 11.1 Å². The number of ether oxygens (including phenoxy) is 1. The maximum Gasteiger partial charge on any atom is 0.227 e. The number of amides is 1.